The van der Waals surface area contributed by atoms with Crippen LogP contribution in [0.1, 0.15) is 69.4 Å². The molecule has 134 valence electrons. The third kappa shape index (κ3) is 4.95. The third-order valence-electron chi connectivity index (χ3n) is 5.37. The summed E-state index contributed by atoms with van der Waals surface area (Å²) in [6.07, 6.45) is 13.4. The Kier molecular flexibility index (Phi) is 6.49. The average molecular weight is 333 g/mol. The van der Waals surface area contributed by atoms with Crippen molar-refractivity contribution in [3.8, 4) is 0 Å². The molecule has 1 aliphatic carbocycles. The maximum Gasteiger partial charge on any atom is 0.314 e. The molecule has 2 amide bonds. The van der Waals surface area contributed by atoms with E-state index in [2.05, 4.69) is 25.4 Å². The van der Waals surface area contributed by atoms with Gasteiger partial charge in [-0.05, 0) is 31.6 Å². The predicted octanol–water partition coefficient (Wildman–Crippen LogP) is 2.82. The molecular weight excluding hydrogens is 302 g/mol. The van der Waals surface area contributed by atoms with E-state index < -0.39 is 0 Å². The number of nitrogens with one attached hydrogen (secondary N) is 2. The van der Waals surface area contributed by atoms with Gasteiger partial charge in [0.05, 0.1) is 0 Å². The van der Waals surface area contributed by atoms with Crippen LogP contribution in [-0.4, -0.2) is 33.9 Å². The van der Waals surface area contributed by atoms with Crippen molar-refractivity contribution < 1.29 is 4.79 Å². The normalized spacial score (nSPS) is 18.2. The molecule has 0 spiro atoms. The topological polar surface area (TPSA) is 71.8 Å². The number of rotatable bonds is 7. The second-order valence-electron chi connectivity index (χ2n) is 7.22. The number of nitrogens with zero attached hydrogens (tertiary/aromatic N) is 3. The first-order chi connectivity index (χ1) is 11.8. The second-order valence-corrected chi connectivity index (χ2v) is 7.22. The highest BCUT2D eigenvalue weighted by Gasteiger charge is 2.15. The fourth-order valence-corrected chi connectivity index (χ4v) is 3.97. The Morgan fingerprint density at radius 3 is 2.75 bits per heavy atom. The molecule has 0 aromatic carbocycles. The van der Waals surface area contributed by atoms with Gasteiger partial charge in [0.2, 0.25) is 0 Å². The molecule has 1 fully saturated rings. The zero-order chi connectivity index (χ0) is 16.6. The van der Waals surface area contributed by atoms with E-state index in [-0.39, 0.29) is 6.03 Å². The van der Waals surface area contributed by atoms with Gasteiger partial charge in [0.25, 0.3) is 0 Å². The predicted molar refractivity (Wildman–Crippen MR) is 93.9 cm³/mol. The van der Waals surface area contributed by atoms with Crippen molar-refractivity contribution >= 4 is 6.03 Å². The number of aromatic nitrogens is 3. The molecule has 2 aliphatic rings. The Bertz CT molecular complexity index is 521. The van der Waals surface area contributed by atoms with Gasteiger partial charge in [0.15, 0.2) is 0 Å². The molecule has 0 radical (unpaired) electrons. The van der Waals surface area contributed by atoms with Crippen LogP contribution in [0.3, 0.4) is 0 Å². The fourth-order valence-electron chi connectivity index (χ4n) is 3.97. The monoisotopic (exact) mass is 333 g/mol. The van der Waals surface area contributed by atoms with E-state index in [1.54, 1.807) is 0 Å². The summed E-state index contributed by atoms with van der Waals surface area (Å²) in [5.41, 5.74) is 0. The van der Waals surface area contributed by atoms with E-state index in [0.717, 1.165) is 49.9 Å². The smallest absolute Gasteiger partial charge is 0.314 e. The van der Waals surface area contributed by atoms with Crippen LogP contribution >= 0.6 is 0 Å². The van der Waals surface area contributed by atoms with E-state index in [0.29, 0.717) is 6.54 Å². The second kappa shape index (κ2) is 9.04. The molecule has 0 unspecified atom stereocenters. The van der Waals surface area contributed by atoms with Crippen LogP contribution in [0.25, 0.3) is 0 Å². The van der Waals surface area contributed by atoms with Crippen LogP contribution in [0.5, 0.6) is 0 Å². The average Bonchev–Trinajstić information content (AvgIpc) is 3.17. The van der Waals surface area contributed by atoms with Gasteiger partial charge in [-0.25, -0.2) is 4.79 Å². The number of hydrogen-bond acceptors (Lipinski definition) is 3. The van der Waals surface area contributed by atoms with Crippen molar-refractivity contribution in [1.82, 2.24) is 25.4 Å². The number of hydrogen-bond donors (Lipinski definition) is 2. The third-order valence-corrected chi connectivity index (χ3v) is 5.37. The van der Waals surface area contributed by atoms with Gasteiger partial charge in [-0.1, -0.05) is 32.1 Å². The summed E-state index contributed by atoms with van der Waals surface area (Å²) >= 11 is 0. The molecule has 0 saturated heterocycles. The summed E-state index contributed by atoms with van der Waals surface area (Å²) < 4.78 is 2.24. The van der Waals surface area contributed by atoms with Gasteiger partial charge >= 0.3 is 6.03 Å². The summed E-state index contributed by atoms with van der Waals surface area (Å²) in [6, 6.07) is -0.0583. The number of carbonyl (C=O) groups excluding carboxylic acids is 1. The molecule has 2 N–H and O–H groups in total. The van der Waals surface area contributed by atoms with Crippen molar-refractivity contribution in [2.45, 2.75) is 77.2 Å². The standard InChI is InChI=1S/C18H31N5O/c24-18(19-12-6-9-15-7-3-4-8-15)20-13-11-17-22-21-16-10-2-1-5-14-23(16)17/h15H,1-14H2,(H2,19,20,24). The number of aryl methyl sites for hydroxylation is 1. The Morgan fingerprint density at radius 1 is 1.04 bits per heavy atom. The summed E-state index contributed by atoms with van der Waals surface area (Å²) in [4.78, 5) is 11.8. The number of fused-ring (bicyclic) bond motifs is 1. The summed E-state index contributed by atoms with van der Waals surface area (Å²) in [5, 5.41) is 14.5. The number of urea groups is 1. The van der Waals surface area contributed by atoms with Crippen molar-refractivity contribution in [3.05, 3.63) is 11.6 Å². The van der Waals surface area contributed by atoms with Gasteiger partial charge < -0.3 is 15.2 Å². The van der Waals surface area contributed by atoms with E-state index in [4.69, 9.17) is 0 Å². The lowest BCUT2D eigenvalue weighted by Gasteiger charge is -2.10. The lowest BCUT2D eigenvalue weighted by atomic mass is 10.0. The minimum atomic E-state index is -0.0583. The number of amides is 2. The Hall–Kier alpha value is -1.59. The van der Waals surface area contributed by atoms with Crippen LogP contribution < -0.4 is 10.6 Å². The first-order valence-electron chi connectivity index (χ1n) is 9.75. The van der Waals surface area contributed by atoms with Gasteiger partial charge in [0.1, 0.15) is 11.6 Å². The van der Waals surface area contributed by atoms with E-state index in [1.807, 2.05) is 0 Å². The molecule has 3 rings (SSSR count). The van der Waals surface area contributed by atoms with Crippen LogP contribution in [0.15, 0.2) is 0 Å². The first-order valence-corrected chi connectivity index (χ1v) is 9.75. The fraction of sp³-hybridized carbons (Fsp3) is 0.833. The molecule has 1 aromatic heterocycles. The summed E-state index contributed by atoms with van der Waals surface area (Å²) in [6.45, 7) is 2.42. The maximum atomic E-state index is 11.8. The molecule has 1 aromatic rings. The largest absolute Gasteiger partial charge is 0.338 e. The lowest BCUT2D eigenvalue weighted by Crippen LogP contribution is -2.37. The SMILES string of the molecule is O=C(NCCCC1CCCC1)NCCc1nnc2n1CCCCC2. The zero-order valence-electron chi connectivity index (χ0n) is 14.7. The minimum Gasteiger partial charge on any atom is -0.338 e. The highest BCUT2D eigenvalue weighted by molar-refractivity contribution is 5.73. The molecule has 24 heavy (non-hydrogen) atoms. The van der Waals surface area contributed by atoms with Crippen molar-refractivity contribution in [2.75, 3.05) is 13.1 Å². The molecule has 6 nitrogen and oxygen atoms in total. The molecule has 1 aliphatic heterocycles. The first kappa shape index (κ1) is 17.2. The molecule has 1 saturated carbocycles. The summed E-state index contributed by atoms with van der Waals surface area (Å²) in [5.74, 6) is 3.02. The molecular formula is C18H31N5O. The maximum absolute atomic E-state index is 11.8. The van der Waals surface area contributed by atoms with E-state index in [9.17, 15) is 4.79 Å². The van der Waals surface area contributed by atoms with Crippen LogP contribution in [0.2, 0.25) is 0 Å². The molecule has 0 atom stereocenters. The quantitative estimate of drug-likeness (QED) is 0.754. The number of carbonyl (C=O) groups is 1. The molecule has 6 heteroatoms. The van der Waals surface area contributed by atoms with Crippen molar-refractivity contribution in [2.24, 2.45) is 5.92 Å². The van der Waals surface area contributed by atoms with Crippen molar-refractivity contribution in [1.29, 1.82) is 0 Å². The van der Waals surface area contributed by atoms with Gasteiger partial charge in [-0.2, -0.15) is 0 Å². The van der Waals surface area contributed by atoms with Gasteiger partial charge in [-0.3, -0.25) is 0 Å². The highest BCUT2D eigenvalue weighted by atomic mass is 16.2. The highest BCUT2D eigenvalue weighted by Crippen LogP contribution is 2.28. The summed E-state index contributed by atoms with van der Waals surface area (Å²) in [7, 11) is 0. The van der Waals surface area contributed by atoms with Gasteiger partial charge in [0, 0.05) is 32.5 Å². The molecule has 0 bridgehead atoms. The van der Waals surface area contributed by atoms with E-state index in [1.165, 1.54) is 51.4 Å². The Balaban J connectivity index is 1.30. The van der Waals surface area contributed by atoms with Crippen LogP contribution in [0, 0.1) is 5.92 Å². The lowest BCUT2D eigenvalue weighted by molar-refractivity contribution is 0.240. The Labute approximate surface area is 144 Å². The molecule has 2 heterocycles. The minimum absolute atomic E-state index is 0.0583. The van der Waals surface area contributed by atoms with Crippen LogP contribution in [-0.2, 0) is 19.4 Å². The zero-order valence-corrected chi connectivity index (χ0v) is 14.7. The van der Waals surface area contributed by atoms with Gasteiger partial charge in [-0.15, -0.1) is 10.2 Å². The Morgan fingerprint density at radius 2 is 1.88 bits per heavy atom. The van der Waals surface area contributed by atoms with E-state index >= 15 is 0 Å². The van der Waals surface area contributed by atoms with Crippen LogP contribution in [0.4, 0.5) is 4.79 Å². The van der Waals surface area contributed by atoms with Crippen molar-refractivity contribution in [3.63, 3.8) is 0 Å².